The number of amides is 1. The number of nitrogens with one attached hydrogen (secondary N) is 2. The Bertz CT molecular complexity index is 855. The van der Waals surface area contributed by atoms with E-state index in [4.69, 9.17) is 23.2 Å². The highest BCUT2D eigenvalue weighted by Crippen LogP contribution is 2.17. The average molecular weight is 350 g/mol. The van der Waals surface area contributed by atoms with E-state index in [1.54, 1.807) is 10.7 Å². The van der Waals surface area contributed by atoms with Crippen LogP contribution in [0.4, 0.5) is 5.82 Å². The molecule has 0 fully saturated rings. The number of aromatic amines is 1. The summed E-state index contributed by atoms with van der Waals surface area (Å²) in [6.45, 7) is 2.48. The minimum Gasteiger partial charge on any atom is -0.304 e. The highest BCUT2D eigenvalue weighted by Gasteiger charge is 2.14. The number of nitrogens with zero attached hydrogens (tertiary/aromatic N) is 3. The maximum Gasteiger partial charge on any atom is 0.276 e. The topological polar surface area (TPSA) is 75.6 Å². The molecule has 6 nitrogen and oxygen atoms in total. The minimum absolute atomic E-state index is 0.203. The third-order valence-corrected chi connectivity index (χ3v) is 3.79. The molecule has 0 aliphatic carbocycles. The number of aryl methyl sites for hydroxylation is 1. The van der Waals surface area contributed by atoms with Crippen molar-refractivity contribution in [1.82, 2.24) is 20.0 Å². The molecule has 0 bridgehead atoms. The molecule has 23 heavy (non-hydrogen) atoms. The Labute approximate surface area is 142 Å². The first-order valence-electron chi connectivity index (χ1n) is 6.82. The highest BCUT2D eigenvalue weighted by atomic mass is 35.5. The Kier molecular flexibility index (Phi) is 4.36. The fraction of sp³-hybridized carbons (Fsp3) is 0.133. The fourth-order valence-corrected chi connectivity index (χ4v) is 2.54. The largest absolute Gasteiger partial charge is 0.304 e. The summed E-state index contributed by atoms with van der Waals surface area (Å²) in [6, 6.07) is 9.34. The van der Waals surface area contributed by atoms with Gasteiger partial charge in [-0.3, -0.25) is 14.6 Å². The van der Waals surface area contributed by atoms with E-state index in [0.29, 0.717) is 17.4 Å². The van der Waals surface area contributed by atoms with Gasteiger partial charge in [0.25, 0.3) is 5.91 Å². The standard InChI is InChI=1S/C15H13Cl2N5O/c1-9-5-13(19-15(23)14-12(17)7-18-20-14)21-22(9)8-10-3-2-4-11(16)6-10/h2-7H,8H2,1H3,(H,18,20)(H,19,21,23). The molecule has 0 aliphatic heterocycles. The summed E-state index contributed by atoms with van der Waals surface area (Å²) in [5.41, 5.74) is 2.14. The minimum atomic E-state index is -0.389. The molecule has 0 spiro atoms. The predicted molar refractivity (Wildman–Crippen MR) is 89.1 cm³/mol. The van der Waals surface area contributed by atoms with Gasteiger partial charge in [-0.25, -0.2) is 0 Å². The molecule has 118 valence electrons. The summed E-state index contributed by atoms with van der Waals surface area (Å²) < 4.78 is 1.79. The van der Waals surface area contributed by atoms with Crippen LogP contribution in [-0.4, -0.2) is 25.9 Å². The van der Waals surface area contributed by atoms with Crippen LogP contribution in [-0.2, 0) is 6.54 Å². The number of benzene rings is 1. The van der Waals surface area contributed by atoms with Crippen LogP contribution >= 0.6 is 23.2 Å². The molecule has 3 rings (SSSR count). The summed E-state index contributed by atoms with van der Waals surface area (Å²) >= 11 is 11.9. The third-order valence-electron chi connectivity index (χ3n) is 3.26. The molecular weight excluding hydrogens is 337 g/mol. The van der Waals surface area contributed by atoms with E-state index < -0.39 is 0 Å². The Morgan fingerprint density at radius 2 is 2.17 bits per heavy atom. The molecule has 1 amide bonds. The molecule has 8 heteroatoms. The van der Waals surface area contributed by atoms with Gasteiger partial charge >= 0.3 is 0 Å². The molecule has 1 aromatic carbocycles. The van der Waals surface area contributed by atoms with E-state index in [9.17, 15) is 4.79 Å². The van der Waals surface area contributed by atoms with Crippen LogP contribution in [0.1, 0.15) is 21.7 Å². The lowest BCUT2D eigenvalue weighted by atomic mass is 10.2. The molecule has 0 aliphatic rings. The van der Waals surface area contributed by atoms with Crippen molar-refractivity contribution in [2.75, 3.05) is 5.32 Å². The normalized spacial score (nSPS) is 10.7. The summed E-state index contributed by atoms with van der Waals surface area (Å²) in [5.74, 6) is 0.0556. The lowest BCUT2D eigenvalue weighted by Gasteiger charge is -2.05. The molecular formula is C15H13Cl2N5O. The van der Waals surface area contributed by atoms with Crippen molar-refractivity contribution in [2.24, 2.45) is 0 Å². The third kappa shape index (κ3) is 3.55. The van der Waals surface area contributed by atoms with Gasteiger partial charge in [0.05, 0.1) is 17.8 Å². The number of anilines is 1. The molecule has 0 radical (unpaired) electrons. The van der Waals surface area contributed by atoms with E-state index >= 15 is 0 Å². The molecule has 0 saturated carbocycles. The van der Waals surface area contributed by atoms with E-state index in [1.165, 1.54) is 6.20 Å². The van der Waals surface area contributed by atoms with E-state index in [0.717, 1.165) is 11.3 Å². The van der Waals surface area contributed by atoms with E-state index in [-0.39, 0.29) is 16.6 Å². The van der Waals surface area contributed by atoms with Gasteiger partial charge in [-0.15, -0.1) is 0 Å². The Morgan fingerprint density at radius 1 is 1.35 bits per heavy atom. The zero-order valence-electron chi connectivity index (χ0n) is 12.2. The van der Waals surface area contributed by atoms with Gasteiger partial charge in [0, 0.05) is 16.8 Å². The molecule has 2 aromatic heterocycles. The van der Waals surface area contributed by atoms with E-state index in [2.05, 4.69) is 20.6 Å². The maximum atomic E-state index is 12.1. The molecule has 3 aromatic rings. The summed E-state index contributed by atoms with van der Waals surface area (Å²) in [6.07, 6.45) is 1.37. The summed E-state index contributed by atoms with van der Waals surface area (Å²) in [4.78, 5) is 12.1. The smallest absolute Gasteiger partial charge is 0.276 e. The van der Waals surface area contributed by atoms with Gasteiger partial charge in [0.15, 0.2) is 5.82 Å². The predicted octanol–water partition coefficient (Wildman–Crippen LogP) is 3.52. The summed E-state index contributed by atoms with van der Waals surface area (Å²) in [5, 5.41) is 14.3. The van der Waals surface area contributed by atoms with Gasteiger partial charge in [0.2, 0.25) is 0 Å². The fourth-order valence-electron chi connectivity index (χ4n) is 2.15. The van der Waals surface area contributed by atoms with Crippen LogP contribution in [0.25, 0.3) is 0 Å². The van der Waals surface area contributed by atoms with Crippen molar-refractivity contribution in [3.05, 3.63) is 63.5 Å². The van der Waals surface area contributed by atoms with Gasteiger partial charge in [-0.05, 0) is 24.6 Å². The Morgan fingerprint density at radius 3 is 2.87 bits per heavy atom. The maximum absolute atomic E-state index is 12.1. The van der Waals surface area contributed by atoms with Crippen molar-refractivity contribution in [3.8, 4) is 0 Å². The van der Waals surface area contributed by atoms with Crippen LogP contribution in [0.3, 0.4) is 0 Å². The SMILES string of the molecule is Cc1cc(NC(=O)c2[nH]ncc2Cl)nn1Cc1cccc(Cl)c1. The van der Waals surface area contributed by atoms with Gasteiger partial charge in [-0.1, -0.05) is 35.3 Å². The van der Waals surface area contributed by atoms with Gasteiger partial charge in [0.1, 0.15) is 5.69 Å². The summed E-state index contributed by atoms with van der Waals surface area (Å²) in [7, 11) is 0. The van der Waals surface area contributed by atoms with Crippen LogP contribution < -0.4 is 5.32 Å². The average Bonchev–Trinajstić information content (AvgIpc) is 3.05. The van der Waals surface area contributed by atoms with E-state index in [1.807, 2.05) is 31.2 Å². The zero-order valence-corrected chi connectivity index (χ0v) is 13.7. The lowest BCUT2D eigenvalue weighted by Crippen LogP contribution is -2.14. The van der Waals surface area contributed by atoms with Crippen molar-refractivity contribution in [3.63, 3.8) is 0 Å². The van der Waals surface area contributed by atoms with Crippen LogP contribution in [0.15, 0.2) is 36.5 Å². The van der Waals surface area contributed by atoms with Crippen molar-refractivity contribution < 1.29 is 4.79 Å². The first-order chi connectivity index (χ1) is 11.0. The lowest BCUT2D eigenvalue weighted by molar-refractivity contribution is 0.102. The number of H-pyrrole nitrogens is 1. The van der Waals surface area contributed by atoms with Crippen LogP contribution in [0, 0.1) is 6.92 Å². The zero-order chi connectivity index (χ0) is 16.4. The van der Waals surface area contributed by atoms with Crippen LogP contribution in [0.5, 0.6) is 0 Å². The number of carbonyl (C=O) groups excluding carboxylic acids is 1. The first-order valence-corrected chi connectivity index (χ1v) is 7.57. The molecule has 0 unspecified atom stereocenters. The number of halogens is 2. The highest BCUT2D eigenvalue weighted by molar-refractivity contribution is 6.34. The molecule has 2 heterocycles. The number of hydrogen-bond donors (Lipinski definition) is 2. The second-order valence-electron chi connectivity index (χ2n) is 5.01. The number of carbonyl (C=O) groups is 1. The van der Waals surface area contributed by atoms with Gasteiger partial charge < -0.3 is 5.32 Å². The molecule has 0 saturated heterocycles. The Hall–Kier alpha value is -2.31. The van der Waals surface area contributed by atoms with Crippen molar-refractivity contribution in [2.45, 2.75) is 13.5 Å². The van der Waals surface area contributed by atoms with Crippen LogP contribution in [0.2, 0.25) is 10.0 Å². The second kappa shape index (κ2) is 6.44. The van der Waals surface area contributed by atoms with Crippen molar-refractivity contribution >= 4 is 34.9 Å². The second-order valence-corrected chi connectivity index (χ2v) is 5.85. The number of rotatable bonds is 4. The first kappa shape index (κ1) is 15.6. The van der Waals surface area contributed by atoms with Gasteiger partial charge in [-0.2, -0.15) is 10.2 Å². The molecule has 2 N–H and O–H groups in total. The monoisotopic (exact) mass is 349 g/mol. The quantitative estimate of drug-likeness (QED) is 0.756. The number of aromatic nitrogens is 4. The number of hydrogen-bond acceptors (Lipinski definition) is 3. The van der Waals surface area contributed by atoms with Crippen molar-refractivity contribution in [1.29, 1.82) is 0 Å². The molecule has 0 atom stereocenters. The Balaban J connectivity index is 1.76.